The summed E-state index contributed by atoms with van der Waals surface area (Å²) >= 11 is 0. The van der Waals surface area contributed by atoms with E-state index in [1.807, 2.05) is 6.07 Å². The van der Waals surface area contributed by atoms with E-state index in [4.69, 9.17) is 4.74 Å². The predicted molar refractivity (Wildman–Crippen MR) is 105 cm³/mol. The van der Waals surface area contributed by atoms with E-state index < -0.39 is 17.8 Å². The lowest BCUT2D eigenvalue weighted by Gasteiger charge is -2.15. The summed E-state index contributed by atoms with van der Waals surface area (Å²) in [4.78, 5) is 18.8. The fraction of sp³-hybridized carbons (Fsp3) is 0.333. The van der Waals surface area contributed by atoms with Crippen LogP contribution in [0.15, 0.2) is 30.6 Å². The second-order valence-electron chi connectivity index (χ2n) is 6.29. The number of alkyl carbamates (subject to hydrolysis) is 1. The largest absolute Gasteiger partial charge is 0.450 e. The summed E-state index contributed by atoms with van der Waals surface area (Å²) in [6, 6.07) is 5.39. The first-order chi connectivity index (χ1) is 14.3. The molecule has 0 aliphatic carbocycles. The van der Waals surface area contributed by atoms with Crippen molar-refractivity contribution in [3.63, 3.8) is 0 Å². The van der Waals surface area contributed by atoms with Crippen molar-refractivity contribution in [2.24, 2.45) is 7.05 Å². The molecule has 2 heterocycles. The van der Waals surface area contributed by atoms with Crippen LogP contribution in [0.4, 0.5) is 35.4 Å². The topological polar surface area (TPSA) is 106 Å². The van der Waals surface area contributed by atoms with Gasteiger partial charge in [-0.25, -0.2) is 9.78 Å². The van der Waals surface area contributed by atoms with Gasteiger partial charge in [0.15, 0.2) is 0 Å². The number of amides is 1. The van der Waals surface area contributed by atoms with Gasteiger partial charge in [-0.1, -0.05) is 0 Å². The zero-order chi connectivity index (χ0) is 21.7. The molecule has 0 aliphatic heterocycles. The van der Waals surface area contributed by atoms with Crippen LogP contribution in [0, 0.1) is 0 Å². The smallest absolute Gasteiger partial charge is 0.421 e. The molecule has 0 radical (unpaired) electrons. The molecule has 3 rings (SSSR count). The number of nitrogens with one attached hydrogen (secondary N) is 3. The number of fused-ring (bicyclic) bond motifs is 1. The Labute approximate surface area is 169 Å². The molecule has 0 aliphatic rings. The molecule has 0 saturated heterocycles. The van der Waals surface area contributed by atoms with Gasteiger partial charge in [0.1, 0.15) is 11.4 Å². The number of aryl methyl sites for hydroxylation is 1. The number of nitrogens with zero attached hydrogens (tertiary/aromatic N) is 4. The first-order valence-electron chi connectivity index (χ1n) is 8.99. The molecular formula is C18H20F3N7O2. The zero-order valence-electron chi connectivity index (χ0n) is 16.2. The van der Waals surface area contributed by atoms with E-state index in [0.29, 0.717) is 12.1 Å². The summed E-state index contributed by atoms with van der Waals surface area (Å²) in [5.74, 6) is -0.352. The molecule has 9 nitrogen and oxygen atoms in total. The molecule has 160 valence electrons. The minimum Gasteiger partial charge on any atom is -0.450 e. The fourth-order valence-electron chi connectivity index (χ4n) is 2.65. The maximum absolute atomic E-state index is 13.3. The highest BCUT2D eigenvalue weighted by atomic mass is 19.4. The Morgan fingerprint density at radius 2 is 2.07 bits per heavy atom. The van der Waals surface area contributed by atoms with Crippen molar-refractivity contribution in [3.05, 3.63) is 36.2 Å². The second kappa shape index (κ2) is 8.84. The van der Waals surface area contributed by atoms with Gasteiger partial charge in [-0.3, -0.25) is 4.68 Å². The SMILES string of the molecule is CNC(=O)OCCCNc1nc(Nc2ccc3cnn(C)c3c2)ncc1C(F)(F)F. The zero-order valence-corrected chi connectivity index (χ0v) is 16.2. The maximum atomic E-state index is 13.3. The molecule has 3 aromatic rings. The Balaban J connectivity index is 1.74. The number of hydrogen-bond donors (Lipinski definition) is 3. The summed E-state index contributed by atoms with van der Waals surface area (Å²) in [6.07, 6.45) is -2.49. The lowest BCUT2D eigenvalue weighted by atomic mass is 10.2. The van der Waals surface area contributed by atoms with Crippen molar-refractivity contribution in [3.8, 4) is 0 Å². The monoisotopic (exact) mass is 423 g/mol. The van der Waals surface area contributed by atoms with Crippen LogP contribution in [0.2, 0.25) is 0 Å². The molecule has 1 amide bonds. The molecule has 12 heteroatoms. The van der Waals surface area contributed by atoms with Crippen LogP contribution < -0.4 is 16.0 Å². The average Bonchev–Trinajstić information content (AvgIpc) is 3.07. The number of aromatic nitrogens is 4. The summed E-state index contributed by atoms with van der Waals surface area (Å²) in [6.45, 7) is 0.173. The van der Waals surface area contributed by atoms with Crippen molar-refractivity contribution >= 4 is 34.4 Å². The second-order valence-corrected chi connectivity index (χ2v) is 6.29. The van der Waals surface area contributed by atoms with Crippen LogP contribution in [-0.2, 0) is 18.0 Å². The molecule has 0 fully saturated rings. The number of carbonyl (C=O) groups excluding carboxylic acids is 1. The number of halogens is 3. The summed E-state index contributed by atoms with van der Waals surface area (Å²) in [5.41, 5.74) is 0.472. The third-order valence-electron chi connectivity index (χ3n) is 4.15. The highest BCUT2D eigenvalue weighted by molar-refractivity contribution is 5.83. The van der Waals surface area contributed by atoms with Gasteiger partial charge in [-0.15, -0.1) is 0 Å². The minimum atomic E-state index is -4.62. The number of carbonyl (C=O) groups is 1. The van der Waals surface area contributed by atoms with E-state index in [1.165, 1.54) is 7.05 Å². The molecule has 2 aromatic heterocycles. The van der Waals surface area contributed by atoms with Gasteiger partial charge >= 0.3 is 12.3 Å². The average molecular weight is 423 g/mol. The standard InChI is InChI=1S/C18H20F3N7O2/c1-22-17(29)30-7-3-6-23-15-13(18(19,20)21)10-24-16(27-15)26-12-5-4-11-9-25-28(2)14(11)8-12/h4-5,8-10H,3,6-7H2,1-2H3,(H,22,29)(H2,23,24,26,27). The van der Waals surface area contributed by atoms with Gasteiger partial charge in [-0.05, 0) is 24.6 Å². The first-order valence-corrected chi connectivity index (χ1v) is 8.99. The summed E-state index contributed by atoms with van der Waals surface area (Å²) in [7, 11) is 3.20. The van der Waals surface area contributed by atoms with E-state index in [1.54, 1.807) is 30.1 Å². The van der Waals surface area contributed by atoms with Crippen molar-refractivity contribution in [2.45, 2.75) is 12.6 Å². The van der Waals surface area contributed by atoms with Gasteiger partial charge in [0.05, 0.1) is 18.3 Å². The van der Waals surface area contributed by atoms with E-state index in [0.717, 1.165) is 17.1 Å². The molecule has 30 heavy (non-hydrogen) atoms. The molecular weight excluding hydrogens is 403 g/mol. The van der Waals surface area contributed by atoms with Crippen LogP contribution >= 0.6 is 0 Å². The molecule has 3 N–H and O–H groups in total. The van der Waals surface area contributed by atoms with Gasteiger partial charge in [0.2, 0.25) is 5.95 Å². The normalized spacial score (nSPS) is 11.4. The van der Waals surface area contributed by atoms with Crippen LogP contribution in [0.25, 0.3) is 10.9 Å². The van der Waals surface area contributed by atoms with E-state index in [2.05, 4.69) is 31.0 Å². The molecule has 1 aromatic carbocycles. The van der Waals surface area contributed by atoms with Crippen LogP contribution in [-0.4, -0.2) is 46.0 Å². The molecule has 0 spiro atoms. The first kappa shape index (κ1) is 21.1. The van der Waals surface area contributed by atoms with Crippen molar-refractivity contribution in [1.82, 2.24) is 25.1 Å². The molecule has 0 saturated carbocycles. The highest BCUT2D eigenvalue weighted by Crippen LogP contribution is 2.34. The van der Waals surface area contributed by atoms with Gasteiger partial charge in [-0.2, -0.15) is 23.3 Å². The van der Waals surface area contributed by atoms with Crippen LogP contribution in [0.5, 0.6) is 0 Å². The predicted octanol–water partition coefficient (Wildman–Crippen LogP) is 3.28. The Bertz CT molecular complexity index is 1040. The van der Waals surface area contributed by atoms with E-state index in [9.17, 15) is 18.0 Å². The summed E-state index contributed by atoms with van der Waals surface area (Å²) < 4.78 is 46.4. The van der Waals surface area contributed by atoms with Crippen LogP contribution in [0.1, 0.15) is 12.0 Å². The lowest BCUT2D eigenvalue weighted by molar-refractivity contribution is -0.137. The molecule has 0 unspecified atom stereocenters. The number of rotatable bonds is 7. The molecule has 0 bridgehead atoms. The quantitative estimate of drug-likeness (QED) is 0.501. The fourth-order valence-corrected chi connectivity index (χ4v) is 2.65. The number of anilines is 3. The Hall–Kier alpha value is -3.57. The Kier molecular flexibility index (Phi) is 6.23. The number of alkyl halides is 3. The number of hydrogen-bond acceptors (Lipinski definition) is 7. The third kappa shape index (κ3) is 5.07. The third-order valence-corrected chi connectivity index (χ3v) is 4.15. The van der Waals surface area contributed by atoms with E-state index >= 15 is 0 Å². The highest BCUT2D eigenvalue weighted by Gasteiger charge is 2.35. The van der Waals surface area contributed by atoms with Crippen molar-refractivity contribution in [1.29, 1.82) is 0 Å². The van der Waals surface area contributed by atoms with Crippen LogP contribution in [0.3, 0.4) is 0 Å². The lowest BCUT2D eigenvalue weighted by Crippen LogP contribution is -2.21. The summed E-state index contributed by atoms with van der Waals surface area (Å²) in [5, 5.41) is 12.9. The van der Waals surface area contributed by atoms with Gasteiger partial charge in [0.25, 0.3) is 0 Å². The van der Waals surface area contributed by atoms with E-state index in [-0.39, 0.29) is 24.9 Å². The minimum absolute atomic E-state index is 0.00799. The maximum Gasteiger partial charge on any atom is 0.421 e. The molecule has 0 atom stereocenters. The Morgan fingerprint density at radius 1 is 1.27 bits per heavy atom. The Morgan fingerprint density at radius 3 is 2.80 bits per heavy atom. The van der Waals surface area contributed by atoms with Gasteiger partial charge in [0, 0.05) is 37.9 Å². The number of ether oxygens (including phenoxy) is 1. The van der Waals surface area contributed by atoms with Crippen molar-refractivity contribution in [2.75, 3.05) is 30.8 Å². The number of benzene rings is 1. The van der Waals surface area contributed by atoms with Gasteiger partial charge < -0.3 is 20.7 Å². The van der Waals surface area contributed by atoms with Crippen molar-refractivity contribution < 1.29 is 22.7 Å².